The number of ether oxygens (including phenoxy) is 1. The van der Waals surface area contributed by atoms with Crippen molar-refractivity contribution in [3.63, 3.8) is 0 Å². The van der Waals surface area contributed by atoms with Gasteiger partial charge < -0.3 is 10.5 Å². The monoisotopic (exact) mass is 157 g/mol. The van der Waals surface area contributed by atoms with E-state index in [9.17, 15) is 4.79 Å². The Kier molecular flexibility index (Phi) is 2.84. The molecule has 4 heteroatoms. The van der Waals surface area contributed by atoms with Gasteiger partial charge in [-0.2, -0.15) is 0 Å². The largest absolute Gasteiger partial charge is 0.378 e. The van der Waals surface area contributed by atoms with Gasteiger partial charge in [-0.05, 0) is 13.5 Å². The van der Waals surface area contributed by atoms with E-state index < -0.39 is 0 Å². The standard InChI is InChI=1S/C7H13N2O2/c1-2-9-3-4-11-5-6(9)7(8)10/h6H,1-5H2,(H2,8,10). The maximum Gasteiger partial charge on any atom is 0.237 e. The zero-order valence-electron chi connectivity index (χ0n) is 6.45. The summed E-state index contributed by atoms with van der Waals surface area (Å²) in [6.45, 7) is 6.13. The summed E-state index contributed by atoms with van der Waals surface area (Å²) in [6.07, 6.45) is 0. The Balaban J connectivity index is 2.51. The number of carbonyl (C=O) groups excluding carboxylic acids is 1. The molecular formula is C7H13N2O2. The summed E-state index contributed by atoms with van der Waals surface area (Å²) in [5.74, 6) is -0.326. The quantitative estimate of drug-likeness (QED) is 0.559. The first-order valence-electron chi connectivity index (χ1n) is 3.66. The lowest BCUT2D eigenvalue weighted by Crippen LogP contribution is -2.52. The van der Waals surface area contributed by atoms with E-state index in [4.69, 9.17) is 10.5 Å². The SMILES string of the molecule is [CH2]CN1CCOCC1C(N)=O. The summed E-state index contributed by atoms with van der Waals surface area (Å²) in [5.41, 5.74) is 5.14. The van der Waals surface area contributed by atoms with Gasteiger partial charge in [0.2, 0.25) is 5.91 Å². The zero-order chi connectivity index (χ0) is 8.27. The van der Waals surface area contributed by atoms with E-state index in [1.807, 2.05) is 4.90 Å². The molecule has 63 valence electrons. The summed E-state index contributed by atoms with van der Waals surface area (Å²) in [6, 6.07) is -0.277. The van der Waals surface area contributed by atoms with Crippen LogP contribution in [0.3, 0.4) is 0 Å². The topological polar surface area (TPSA) is 55.6 Å². The second kappa shape index (κ2) is 3.69. The lowest BCUT2D eigenvalue weighted by molar-refractivity contribution is -0.128. The van der Waals surface area contributed by atoms with Crippen LogP contribution in [0.15, 0.2) is 0 Å². The normalized spacial score (nSPS) is 26.8. The van der Waals surface area contributed by atoms with Gasteiger partial charge in [0.1, 0.15) is 6.04 Å². The molecule has 1 amide bonds. The van der Waals surface area contributed by atoms with Crippen LogP contribution < -0.4 is 5.73 Å². The van der Waals surface area contributed by atoms with Crippen molar-refractivity contribution in [2.45, 2.75) is 6.04 Å². The number of carbonyl (C=O) groups is 1. The molecule has 0 bridgehead atoms. The van der Waals surface area contributed by atoms with E-state index in [-0.39, 0.29) is 11.9 Å². The summed E-state index contributed by atoms with van der Waals surface area (Å²) >= 11 is 0. The summed E-state index contributed by atoms with van der Waals surface area (Å²) in [7, 11) is 0. The number of morpholine rings is 1. The van der Waals surface area contributed by atoms with Crippen LogP contribution in [0.4, 0.5) is 0 Å². The van der Waals surface area contributed by atoms with Gasteiger partial charge in [-0.25, -0.2) is 0 Å². The van der Waals surface area contributed by atoms with E-state index >= 15 is 0 Å². The lowest BCUT2D eigenvalue weighted by atomic mass is 10.2. The molecule has 1 atom stereocenters. The molecule has 1 rings (SSSR count). The van der Waals surface area contributed by atoms with Crippen LogP contribution in [-0.2, 0) is 9.53 Å². The molecule has 1 fully saturated rings. The van der Waals surface area contributed by atoms with E-state index in [1.165, 1.54) is 0 Å². The van der Waals surface area contributed by atoms with E-state index in [1.54, 1.807) is 0 Å². The maximum absolute atomic E-state index is 10.8. The summed E-state index contributed by atoms with van der Waals surface area (Å²) in [4.78, 5) is 12.7. The van der Waals surface area contributed by atoms with Crippen LogP contribution in [0.2, 0.25) is 0 Å². The molecule has 0 spiro atoms. The van der Waals surface area contributed by atoms with Gasteiger partial charge in [0.15, 0.2) is 0 Å². The number of rotatable bonds is 2. The predicted octanol–water partition coefficient (Wildman–Crippen LogP) is -0.993. The third-order valence-corrected chi connectivity index (χ3v) is 1.85. The summed E-state index contributed by atoms with van der Waals surface area (Å²) < 4.78 is 5.11. The number of nitrogens with zero attached hydrogens (tertiary/aromatic N) is 1. The average molecular weight is 157 g/mol. The fourth-order valence-corrected chi connectivity index (χ4v) is 1.17. The Hall–Kier alpha value is -0.610. The van der Waals surface area contributed by atoms with Crippen molar-refractivity contribution in [2.24, 2.45) is 5.73 Å². The molecule has 0 aliphatic carbocycles. The molecule has 1 aliphatic heterocycles. The number of hydrogen-bond donors (Lipinski definition) is 1. The molecule has 2 N–H and O–H groups in total. The highest BCUT2D eigenvalue weighted by molar-refractivity contribution is 5.80. The molecule has 0 aromatic carbocycles. The fraction of sp³-hybridized carbons (Fsp3) is 0.714. The minimum Gasteiger partial charge on any atom is -0.378 e. The molecule has 11 heavy (non-hydrogen) atoms. The molecule has 0 aromatic heterocycles. The average Bonchev–Trinajstić information content (AvgIpc) is 2.04. The molecule has 0 aromatic rings. The first kappa shape index (κ1) is 8.49. The Labute approximate surface area is 66.3 Å². The van der Waals surface area contributed by atoms with Gasteiger partial charge in [0.25, 0.3) is 0 Å². The Morgan fingerprint density at radius 2 is 2.55 bits per heavy atom. The Morgan fingerprint density at radius 3 is 3.00 bits per heavy atom. The molecular weight excluding hydrogens is 144 g/mol. The molecule has 4 nitrogen and oxygen atoms in total. The molecule has 1 radical (unpaired) electrons. The van der Waals surface area contributed by atoms with Crippen molar-refractivity contribution in [1.82, 2.24) is 4.90 Å². The first-order chi connectivity index (χ1) is 5.25. The predicted molar refractivity (Wildman–Crippen MR) is 40.7 cm³/mol. The van der Waals surface area contributed by atoms with Gasteiger partial charge in [-0.15, -0.1) is 0 Å². The second-order valence-corrected chi connectivity index (χ2v) is 2.53. The van der Waals surface area contributed by atoms with Crippen LogP contribution in [0, 0.1) is 6.92 Å². The number of primary amides is 1. The van der Waals surface area contributed by atoms with E-state index in [2.05, 4.69) is 6.92 Å². The van der Waals surface area contributed by atoms with Gasteiger partial charge in [0, 0.05) is 6.54 Å². The van der Waals surface area contributed by atoms with Crippen molar-refractivity contribution >= 4 is 5.91 Å². The maximum atomic E-state index is 10.8. The third kappa shape index (κ3) is 1.91. The van der Waals surface area contributed by atoms with Gasteiger partial charge in [-0.1, -0.05) is 0 Å². The number of nitrogens with two attached hydrogens (primary N) is 1. The van der Waals surface area contributed by atoms with Crippen LogP contribution in [0.1, 0.15) is 0 Å². The van der Waals surface area contributed by atoms with Crippen molar-refractivity contribution < 1.29 is 9.53 Å². The van der Waals surface area contributed by atoms with E-state index in [0.29, 0.717) is 19.8 Å². The molecule has 1 unspecified atom stereocenters. The fourth-order valence-electron chi connectivity index (χ4n) is 1.17. The first-order valence-corrected chi connectivity index (χ1v) is 3.66. The van der Waals surface area contributed by atoms with E-state index in [0.717, 1.165) is 6.54 Å². The second-order valence-electron chi connectivity index (χ2n) is 2.53. The van der Waals surface area contributed by atoms with Crippen molar-refractivity contribution in [2.75, 3.05) is 26.3 Å². The minimum absolute atomic E-state index is 0.277. The highest BCUT2D eigenvalue weighted by Gasteiger charge is 2.25. The molecule has 1 aliphatic rings. The lowest BCUT2D eigenvalue weighted by Gasteiger charge is -2.32. The summed E-state index contributed by atoms with van der Waals surface area (Å²) in [5, 5.41) is 0. The molecule has 0 saturated carbocycles. The smallest absolute Gasteiger partial charge is 0.237 e. The molecule has 1 heterocycles. The van der Waals surface area contributed by atoms with Crippen molar-refractivity contribution in [3.8, 4) is 0 Å². The minimum atomic E-state index is -0.326. The highest BCUT2D eigenvalue weighted by Crippen LogP contribution is 2.04. The third-order valence-electron chi connectivity index (χ3n) is 1.85. The highest BCUT2D eigenvalue weighted by atomic mass is 16.5. The van der Waals surface area contributed by atoms with Gasteiger partial charge >= 0.3 is 0 Å². The van der Waals surface area contributed by atoms with Gasteiger partial charge in [-0.3, -0.25) is 9.69 Å². The number of amides is 1. The van der Waals surface area contributed by atoms with Crippen LogP contribution in [0.25, 0.3) is 0 Å². The van der Waals surface area contributed by atoms with Crippen LogP contribution in [0.5, 0.6) is 0 Å². The van der Waals surface area contributed by atoms with Crippen LogP contribution >= 0.6 is 0 Å². The van der Waals surface area contributed by atoms with Crippen LogP contribution in [-0.4, -0.2) is 43.2 Å². The van der Waals surface area contributed by atoms with Crippen molar-refractivity contribution in [1.29, 1.82) is 0 Å². The Bertz CT molecular complexity index is 149. The zero-order valence-corrected chi connectivity index (χ0v) is 6.45. The Morgan fingerprint density at radius 1 is 1.82 bits per heavy atom. The van der Waals surface area contributed by atoms with Gasteiger partial charge in [0.05, 0.1) is 13.2 Å². The number of hydrogen-bond acceptors (Lipinski definition) is 3. The molecule has 1 saturated heterocycles. The van der Waals surface area contributed by atoms with Crippen molar-refractivity contribution in [3.05, 3.63) is 6.92 Å².